The molecule has 1 saturated heterocycles. The van der Waals surface area contributed by atoms with Crippen LogP contribution in [0, 0.1) is 0 Å². The van der Waals surface area contributed by atoms with Crippen LogP contribution in [0.1, 0.15) is 18.1 Å². The standard InChI is InChI=1S/C20H17ClN2O3S/c1-3-13-6-4-5-7-16(13)23-19(25)14(18(24)22-20(23)27)10-12-8-9-17(26-2)15(21)11-12/h4-11H,3H2,1-2H3,(H,22,24,27)/b14-10-. The van der Waals surface area contributed by atoms with Crippen LogP contribution in [0.2, 0.25) is 5.02 Å². The van der Waals surface area contributed by atoms with E-state index < -0.39 is 11.8 Å². The van der Waals surface area contributed by atoms with E-state index in [0.29, 0.717) is 22.0 Å². The summed E-state index contributed by atoms with van der Waals surface area (Å²) in [4.78, 5) is 26.8. The van der Waals surface area contributed by atoms with E-state index in [1.165, 1.54) is 18.1 Å². The molecular formula is C20H17ClN2O3S. The number of carbonyl (C=O) groups excluding carboxylic acids is 2. The van der Waals surface area contributed by atoms with E-state index in [4.69, 9.17) is 28.6 Å². The summed E-state index contributed by atoms with van der Waals surface area (Å²) in [5, 5.41) is 3.04. The maximum absolute atomic E-state index is 13.1. The molecule has 7 heteroatoms. The van der Waals surface area contributed by atoms with Crippen molar-refractivity contribution in [2.24, 2.45) is 0 Å². The lowest BCUT2D eigenvalue weighted by molar-refractivity contribution is -0.122. The first-order valence-corrected chi connectivity index (χ1v) is 9.07. The second kappa shape index (κ2) is 7.90. The molecule has 0 unspecified atom stereocenters. The monoisotopic (exact) mass is 400 g/mol. The van der Waals surface area contributed by atoms with Gasteiger partial charge in [0.1, 0.15) is 11.3 Å². The Bertz CT molecular complexity index is 971. The van der Waals surface area contributed by atoms with E-state index in [0.717, 1.165) is 12.0 Å². The second-order valence-electron chi connectivity index (χ2n) is 5.83. The number of halogens is 1. The highest BCUT2D eigenvalue weighted by Crippen LogP contribution is 2.28. The largest absolute Gasteiger partial charge is 0.495 e. The van der Waals surface area contributed by atoms with Crippen molar-refractivity contribution in [1.29, 1.82) is 0 Å². The minimum Gasteiger partial charge on any atom is -0.495 e. The number of carbonyl (C=O) groups is 2. The van der Waals surface area contributed by atoms with Crippen molar-refractivity contribution in [2.45, 2.75) is 13.3 Å². The van der Waals surface area contributed by atoms with Gasteiger partial charge in [-0.25, -0.2) is 0 Å². The number of nitrogens with one attached hydrogen (secondary N) is 1. The quantitative estimate of drug-likeness (QED) is 0.482. The first-order valence-electron chi connectivity index (χ1n) is 8.29. The van der Waals surface area contributed by atoms with Crippen LogP contribution in [-0.4, -0.2) is 24.0 Å². The fourth-order valence-corrected chi connectivity index (χ4v) is 3.38. The number of hydrogen-bond donors (Lipinski definition) is 1. The number of aryl methyl sites for hydroxylation is 1. The molecule has 1 heterocycles. The summed E-state index contributed by atoms with van der Waals surface area (Å²) in [7, 11) is 1.52. The molecule has 1 fully saturated rings. The zero-order valence-electron chi connectivity index (χ0n) is 14.8. The average Bonchev–Trinajstić information content (AvgIpc) is 2.65. The van der Waals surface area contributed by atoms with E-state index in [2.05, 4.69) is 5.32 Å². The van der Waals surface area contributed by atoms with Crippen molar-refractivity contribution in [3.8, 4) is 5.75 Å². The number of anilines is 1. The van der Waals surface area contributed by atoms with Crippen LogP contribution in [0.5, 0.6) is 5.75 Å². The van der Waals surface area contributed by atoms with E-state index in [1.54, 1.807) is 18.2 Å². The lowest BCUT2D eigenvalue weighted by Crippen LogP contribution is -2.54. The van der Waals surface area contributed by atoms with Crippen molar-refractivity contribution in [3.63, 3.8) is 0 Å². The Morgan fingerprint density at radius 3 is 2.63 bits per heavy atom. The molecule has 0 atom stereocenters. The molecule has 1 aliphatic rings. The van der Waals surface area contributed by atoms with Gasteiger partial charge in [-0.05, 0) is 54.0 Å². The number of rotatable bonds is 4. The number of benzene rings is 2. The summed E-state index contributed by atoms with van der Waals surface area (Å²) in [6.45, 7) is 1.99. The molecule has 2 amide bonds. The maximum Gasteiger partial charge on any atom is 0.270 e. The van der Waals surface area contributed by atoms with Gasteiger partial charge in [0.05, 0.1) is 17.8 Å². The zero-order valence-corrected chi connectivity index (χ0v) is 16.4. The van der Waals surface area contributed by atoms with Gasteiger partial charge in [0.25, 0.3) is 11.8 Å². The van der Waals surface area contributed by atoms with Gasteiger partial charge in [0.15, 0.2) is 5.11 Å². The van der Waals surface area contributed by atoms with E-state index >= 15 is 0 Å². The molecule has 3 rings (SSSR count). The third-order valence-corrected chi connectivity index (χ3v) is 4.78. The van der Waals surface area contributed by atoms with Gasteiger partial charge in [0.2, 0.25) is 0 Å². The maximum atomic E-state index is 13.1. The molecule has 1 N–H and O–H groups in total. The van der Waals surface area contributed by atoms with E-state index in [-0.39, 0.29) is 10.7 Å². The van der Waals surface area contributed by atoms with Crippen molar-refractivity contribution in [3.05, 3.63) is 64.2 Å². The number of para-hydroxylation sites is 1. The number of thiocarbonyl (C=S) groups is 1. The SMILES string of the molecule is CCc1ccccc1N1C(=O)/C(=C\c2ccc(OC)c(Cl)c2)C(=O)NC1=S. The normalized spacial score (nSPS) is 15.9. The highest BCUT2D eigenvalue weighted by molar-refractivity contribution is 7.80. The Labute approximate surface area is 167 Å². The van der Waals surface area contributed by atoms with Crippen molar-refractivity contribution >= 4 is 52.5 Å². The fourth-order valence-electron chi connectivity index (χ4n) is 2.84. The van der Waals surface area contributed by atoms with Crippen molar-refractivity contribution in [1.82, 2.24) is 5.32 Å². The molecular weight excluding hydrogens is 384 g/mol. The first-order chi connectivity index (χ1) is 13.0. The summed E-state index contributed by atoms with van der Waals surface area (Å²) in [6.07, 6.45) is 2.22. The Morgan fingerprint density at radius 2 is 1.96 bits per heavy atom. The lowest BCUT2D eigenvalue weighted by atomic mass is 10.0. The molecule has 27 heavy (non-hydrogen) atoms. The molecule has 2 aromatic carbocycles. The Balaban J connectivity index is 2.03. The van der Waals surface area contributed by atoms with Gasteiger partial charge in [-0.3, -0.25) is 19.8 Å². The number of nitrogens with zero attached hydrogens (tertiary/aromatic N) is 1. The van der Waals surface area contributed by atoms with Crippen LogP contribution in [0.25, 0.3) is 6.08 Å². The van der Waals surface area contributed by atoms with Crippen LogP contribution < -0.4 is 15.0 Å². The molecule has 2 aromatic rings. The summed E-state index contributed by atoms with van der Waals surface area (Å²) < 4.78 is 5.12. The highest BCUT2D eigenvalue weighted by atomic mass is 35.5. The fraction of sp³-hybridized carbons (Fsp3) is 0.150. The molecule has 0 saturated carbocycles. The molecule has 0 aliphatic carbocycles. The third kappa shape index (κ3) is 3.72. The van der Waals surface area contributed by atoms with Gasteiger partial charge >= 0.3 is 0 Å². The summed E-state index contributed by atoms with van der Waals surface area (Å²) in [5.41, 5.74) is 2.21. The molecule has 0 bridgehead atoms. The van der Waals surface area contributed by atoms with E-state index in [1.807, 2.05) is 31.2 Å². The number of ether oxygens (including phenoxy) is 1. The van der Waals surface area contributed by atoms with Crippen LogP contribution in [0.3, 0.4) is 0 Å². The molecule has 0 aromatic heterocycles. The van der Waals surface area contributed by atoms with Crippen LogP contribution in [0.15, 0.2) is 48.0 Å². The summed E-state index contributed by atoms with van der Waals surface area (Å²) >= 11 is 11.4. The topological polar surface area (TPSA) is 58.6 Å². The zero-order chi connectivity index (χ0) is 19.6. The molecule has 0 spiro atoms. The second-order valence-corrected chi connectivity index (χ2v) is 6.63. The smallest absolute Gasteiger partial charge is 0.270 e. The number of methoxy groups -OCH3 is 1. The predicted molar refractivity (Wildman–Crippen MR) is 110 cm³/mol. The Hall–Kier alpha value is -2.70. The minimum atomic E-state index is -0.540. The average molecular weight is 401 g/mol. The van der Waals surface area contributed by atoms with Gasteiger partial charge in [0, 0.05) is 0 Å². The number of amides is 2. The van der Waals surface area contributed by atoms with Crippen molar-refractivity contribution in [2.75, 3.05) is 12.0 Å². The third-order valence-electron chi connectivity index (χ3n) is 4.20. The minimum absolute atomic E-state index is 0.0178. The molecule has 1 aliphatic heterocycles. The highest BCUT2D eigenvalue weighted by Gasteiger charge is 2.35. The van der Waals surface area contributed by atoms with Crippen molar-refractivity contribution < 1.29 is 14.3 Å². The molecule has 5 nitrogen and oxygen atoms in total. The van der Waals surface area contributed by atoms with Crippen LogP contribution >= 0.6 is 23.8 Å². The van der Waals surface area contributed by atoms with Crippen LogP contribution in [0.4, 0.5) is 5.69 Å². The van der Waals surface area contributed by atoms with Gasteiger partial charge < -0.3 is 4.74 Å². The van der Waals surface area contributed by atoms with Gasteiger partial charge in [-0.15, -0.1) is 0 Å². The first kappa shape index (κ1) is 19.1. The Kier molecular flexibility index (Phi) is 5.58. The van der Waals surface area contributed by atoms with E-state index in [9.17, 15) is 9.59 Å². The lowest BCUT2D eigenvalue weighted by Gasteiger charge is -2.30. The number of hydrogen-bond acceptors (Lipinski definition) is 4. The summed E-state index contributed by atoms with van der Waals surface area (Å²) in [6, 6.07) is 12.5. The molecule has 138 valence electrons. The Morgan fingerprint density at radius 1 is 1.22 bits per heavy atom. The summed E-state index contributed by atoms with van der Waals surface area (Å²) in [5.74, 6) is -0.503. The van der Waals surface area contributed by atoms with Crippen LogP contribution in [-0.2, 0) is 16.0 Å². The van der Waals surface area contributed by atoms with Gasteiger partial charge in [-0.2, -0.15) is 0 Å². The predicted octanol–water partition coefficient (Wildman–Crippen LogP) is 3.74. The molecule has 0 radical (unpaired) electrons. The van der Waals surface area contributed by atoms with Gasteiger partial charge in [-0.1, -0.05) is 42.8 Å².